The monoisotopic (exact) mass is 860 g/mol. The fraction of sp³-hybridized carbons (Fsp3) is 0.259. The van der Waals surface area contributed by atoms with Crippen molar-refractivity contribution >= 4 is 36.1 Å². The van der Waals surface area contributed by atoms with Crippen molar-refractivity contribution in [3.8, 4) is 33.7 Å². The number of benzene rings is 6. The summed E-state index contributed by atoms with van der Waals surface area (Å²) >= 11 is 0. The first-order valence-electron chi connectivity index (χ1n) is 22.7. The fourth-order valence-electron chi connectivity index (χ4n) is 10.1. The molecular formula is C58H56O5Si. The molecule has 2 heterocycles. The van der Waals surface area contributed by atoms with Gasteiger partial charge in [-0.2, -0.15) is 0 Å². The van der Waals surface area contributed by atoms with E-state index in [4.69, 9.17) is 18.9 Å². The van der Waals surface area contributed by atoms with Gasteiger partial charge in [-0.3, -0.25) is 4.79 Å². The summed E-state index contributed by atoms with van der Waals surface area (Å²) < 4.78 is 22.9. The van der Waals surface area contributed by atoms with Gasteiger partial charge in [-0.1, -0.05) is 187 Å². The maximum absolute atomic E-state index is 15.5. The van der Waals surface area contributed by atoms with E-state index < -0.39 is 8.07 Å². The highest BCUT2D eigenvalue weighted by Gasteiger charge is 2.42. The van der Waals surface area contributed by atoms with E-state index in [0.717, 1.165) is 72.3 Å². The van der Waals surface area contributed by atoms with Gasteiger partial charge in [0.05, 0.1) is 26.4 Å². The smallest absolute Gasteiger partial charge is 0.195 e. The number of ether oxygens (including phenoxy) is 4. The van der Waals surface area contributed by atoms with Crippen molar-refractivity contribution in [2.45, 2.75) is 70.7 Å². The molecule has 0 saturated carbocycles. The molecule has 322 valence electrons. The number of allylic oxidation sites excluding steroid dienone is 4. The zero-order valence-electron chi connectivity index (χ0n) is 37.7. The summed E-state index contributed by atoms with van der Waals surface area (Å²) in [7, 11) is -2.00. The van der Waals surface area contributed by atoms with Gasteiger partial charge in [0.1, 0.15) is 8.07 Å². The number of Topliss-reactive ketones (excluding diaryl/α,β-unsaturated/α-hetero) is 1. The van der Waals surface area contributed by atoms with Gasteiger partial charge < -0.3 is 18.9 Å². The molecule has 64 heavy (non-hydrogen) atoms. The summed E-state index contributed by atoms with van der Waals surface area (Å²) in [4.78, 5) is 15.5. The predicted molar refractivity (Wildman–Crippen MR) is 262 cm³/mol. The molecule has 0 bridgehead atoms. The molecule has 2 aliphatic heterocycles. The molecule has 6 aromatic carbocycles. The molecule has 6 heteroatoms. The van der Waals surface area contributed by atoms with Crippen LogP contribution in [0.5, 0.6) is 0 Å². The molecule has 6 aromatic rings. The highest BCUT2D eigenvalue weighted by atomic mass is 28.3. The van der Waals surface area contributed by atoms with Gasteiger partial charge in [0.2, 0.25) is 0 Å². The van der Waals surface area contributed by atoms with Gasteiger partial charge >= 0.3 is 0 Å². The second-order valence-corrected chi connectivity index (χ2v) is 23.5. The molecule has 0 amide bonds. The molecule has 0 aromatic heterocycles. The van der Waals surface area contributed by atoms with Crippen molar-refractivity contribution in [2.75, 3.05) is 26.4 Å². The van der Waals surface area contributed by atoms with E-state index in [1.807, 2.05) is 6.07 Å². The lowest BCUT2D eigenvalue weighted by Gasteiger charge is -2.38. The van der Waals surface area contributed by atoms with Gasteiger partial charge in [-0.15, -0.1) is 5.54 Å². The van der Waals surface area contributed by atoms with Crippen molar-refractivity contribution < 1.29 is 23.7 Å². The van der Waals surface area contributed by atoms with E-state index in [9.17, 15) is 0 Å². The SMILES string of the molecule is CC(C)[Si](C#Cc1cccc(C2=C(c3ccc(-c4ccc(C5OCCO5)cc4)cc3)C(=O)C(c3ccc(-c4ccc(C5OCCO5)cc4)cc3)=C2c2ccccc2)c1)(C(C)C)C(C)C. The van der Waals surface area contributed by atoms with Crippen LogP contribution in [0.4, 0.5) is 0 Å². The Hall–Kier alpha value is -5.91. The lowest BCUT2D eigenvalue weighted by atomic mass is 9.88. The molecule has 1 aliphatic carbocycles. The number of ketones is 1. The summed E-state index contributed by atoms with van der Waals surface area (Å²) in [5.41, 5.74) is 19.6. The number of carbonyl (C=O) groups excluding carboxylic acids is 1. The first-order valence-corrected chi connectivity index (χ1v) is 25.0. The van der Waals surface area contributed by atoms with Crippen LogP contribution < -0.4 is 0 Å². The Balaban J connectivity index is 1.16. The molecule has 9 rings (SSSR count). The molecule has 2 saturated heterocycles. The normalized spacial score (nSPS) is 16.2. The number of hydrogen-bond acceptors (Lipinski definition) is 5. The Labute approximate surface area is 379 Å². The molecule has 0 N–H and O–H groups in total. The average molecular weight is 861 g/mol. The molecule has 2 fully saturated rings. The minimum Gasteiger partial charge on any atom is -0.346 e. The lowest BCUT2D eigenvalue weighted by Crippen LogP contribution is -2.43. The predicted octanol–water partition coefficient (Wildman–Crippen LogP) is 13.8. The first-order chi connectivity index (χ1) is 31.1. The van der Waals surface area contributed by atoms with Gasteiger partial charge in [-0.25, -0.2) is 0 Å². The van der Waals surface area contributed by atoms with E-state index in [-0.39, 0.29) is 18.4 Å². The Morgan fingerprint density at radius 2 is 0.781 bits per heavy atom. The largest absolute Gasteiger partial charge is 0.346 e. The Bertz CT molecular complexity index is 2720. The van der Waals surface area contributed by atoms with Gasteiger partial charge in [0.25, 0.3) is 0 Å². The van der Waals surface area contributed by atoms with Crippen molar-refractivity contribution in [1.29, 1.82) is 0 Å². The first kappa shape index (κ1) is 43.3. The molecular weight excluding hydrogens is 805 g/mol. The molecule has 0 atom stereocenters. The van der Waals surface area contributed by atoms with Crippen LogP contribution in [-0.4, -0.2) is 40.3 Å². The maximum Gasteiger partial charge on any atom is 0.195 e. The highest BCUT2D eigenvalue weighted by molar-refractivity contribution is 6.90. The van der Waals surface area contributed by atoms with Crippen LogP contribution in [0, 0.1) is 11.5 Å². The zero-order chi connectivity index (χ0) is 44.4. The number of carbonyl (C=O) groups is 1. The Morgan fingerprint density at radius 1 is 0.422 bits per heavy atom. The van der Waals surface area contributed by atoms with E-state index in [0.29, 0.717) is 54.2 Å². The highest BCUT2D eigenvalue weighted by Crippen LogP contribution is 2.50. The lowest BCUT2D eigenvalue weighted by molar-refractivity contribution is -0.108. The third kappa shape index (κ3) is 8.43. The minimum absolute atomic E-state index is 0.00137. The van der Waals surface area contributed by atoms with Crippen LogP contribution in [0.1, 0.15) is 93.1 Å². The van der Waals surface area contributed by atoms with Crippen LogP contribution >= 0.6 is 0 Å². The van der Waals surface area contributed by atoms with Gasteiger partial charge in [-0.05, 0) is 73.3 Å². The van der Waals surface area contributed by atoms with Crippen LogP contribution in [0.25, 0.3) is 44.5 Å². The Morgan fingerprint density at radius 3 is 1.20 bits per heavy atom. The topological polar surface area (TPSA) is 54.0 Å². The van der Waals surface area contributed by atoms with E-state index in [1.165, 1.54) is 0 Å². The average Bonchev–Trinajstić information content (AvgIpc) is 4.12. The number of hydrogen-bond donors (Lipinski definition) is 0. The second kappa shape index (κ2) is 18.7. The Kier molecular flexibility index (Phi) is 12.6. The fourth-order valence-corrected chi connectivity index (χ4v) is 15.4. The van der Waals surface area contributed by atoms with Crippen molar-refractivity contribution in [1.82, 2.24) is 0 Å². The maximum atomic E-state index is 15.5. The van der Waals surface area contributed by atoms with E-state index >= 15 is 4.79 Å². The molecule has 5 nitrogen and oxygen atoms in total. The van der Waals surface area contributed by atoms with Crippen molar-refractivity contribution in [3.05, 3.63) is 191 Å². The summed E-state index contributed by atoms with van der Waals surface area (Å²) in [5, 5.41) is 0. The quantitative estimate of drug-likeness (QED) is 0.0959. The minimum atomic E-state index is -2.00. The summed E-state index contributed by atoms with van der Waals surface area (Å²) in [6.07, 6.45) is -0.636. The standard InChI is InChI=1S/C58H56O5Si/c1-38(2)64(39(3)4,40(5)6)36-31-41-11-10-14-51(37-41)53-52(46-12-8-7-9-13-46)54(47-23-15-42(16-24-47)44-19-27-49(28-20-44)57-60-32-33-61-57)56(59)55(53)48-25-17-43(18-26-48)45-21-29-50(30-22-45)58-62-34-35-63-58/h7-30,37-40,57-58H,32-35H2,1-6H3. The van der Waals surface area contributed by atoms with Crippen LogP contribution in [0.3, 0.4) is 0 Å². The van der Waals surface area contributed by atoms with Crippen LogP contribution in [0.15, 0.2) is 152 Å². The third-order valence-corrected chi connectivity index (χ3v) is 19.6. The van der Waals surface area contributed by atoms with E-state index in [2.05, 4.69) is 199 Å². The molecule has 0 spiro atoms. The summed E-state index contributed by atoms with van der Waals surface area (Å²) in [5.74, 6) is 3.70. The zero-order valence-corrected chi connectivity index (χ0v) is 38.7. The number of rotatable bonds is 11. The second-order valence-electron chi connectivity index (χ2n) is 18.0. The molecule has 0 unspecified atom stereocenters. The third-order valence-electron chi connectivity index (χ3n) is 13.3. The van der Waals surface area contributed by atoms with Crippen molar-refractivity contribution in [3.63, 3.8) is 0 Å². The van der Waals surface area contributed by atoms with Gasteiger partial charge in [0.15, 0.2) is 18.4 Å². The molecule has 3 aliphatic rings. The van der Waals surface area contributed by atoms with Crippen LogP contribution in [0.2, 0.25) is 16.6 Å². The van der Waals surface area contributed by atoms with Crippen molar-refractivity contribution in [2.24, 2.45) is 0 Å². The molecule has 0 radical (unpaired) electrons. The van der Waals surface area contributed by atoms with Gasteiger partial charge in [0, 0.05) is 39.0 Å². The summed E-state index contributed by atoms with van der Waals surface area (Å²) in [6, 6.07) is 52.4. The summed E-state index contributed by atoms with van der Waals surface area (Å²) in [6.45, 7) is 16.5. The van der Waals surface area contributed by atoms with E-state index in [1.54, 1.807) is 0 Å². The van der Waals surface area contributed by atoms with Crippen LogP contribution in [-0.2, 0) is 23.7 Å².